The molecule has 0 aliphatic carbocycles. The van der Waals surface area contributed by atoms with Crippen LogP contribution in [-0.2, 0) is 12.8 Å². The molecular formula is C22H26N2O2. The van der Waals surface area contributed by atoms with Crippen LogP contribution < -0.4 is 15.2 Å². The van der Waals surface area contributed by atoms with E-state index in [2.05, 4.69) is 39.8 Å². The number of hydrogen-bond donors (Lipinski definition) is 1. The predicted octanol–water partition coefficient (Wildman–Crippen LogP) is 4.16. The van der Waals surface area contributed by atoms with Crippen LogP contribution in [0, 0.1) is 0 Å². The molecule has 136 valence electrons. The molecule has 2 aliphatic heterocycles. The molecule has 2 N–H and O–H groups in total. The van der Waals surface area contributed by atoms with Crippen LogP contribution >= 0.6 is 0 Å². The monoisotopic (exact) mass is 350 g/mol. The van der Waals surface area contributed by atoms with Crippen LogP contribution in [0.5, 0.6) is 11.5 Å². The molecule has 0 spiro atoms. The zero-order chi connectivity index (χ0) is 18.7. The number of fused-ring (bicyclic) bond motifs is 3. The van der Waals surface area contributed by atoms with Gasteiger partial charge in [-0.1, -0.05) is 12.1 Å². The molecule has 26 heavy (non-hydrogen) atoms. The summed E-state index contributed by atoms with van der Waals surface area (Å²) in [6.07, 6.45) is 1.77. The van der Waals surface area contributed by atoms with E-state index in [1.165, 1.54) is 11.1 Å². The van der Waals surface area contributed by atoms with Gasteiger partial charge in [0, 0.05) is 28.8 Å². The van der Waals surface area contributed by atoms with Gasteiger partial charge < -0.3 is 15.2 Å². The standard InChI is InChI=1S/C22H26N2O2/c1-21(2)11-16-15(19(24-21)13-7-6-8-14(23)9-13)10-18(25-5)20-17(16)12-22(3,4)26-20/h6-10H,11-12,23H2,1-5H3. The molecule has 2 aliphatic rings. The number of hydrogen-bond acceptors (Lipinski definition) is 4. The minimum Gasteiger partial charge on any atom is -0.493 e. The lowest BCUT2D eigenvalue weighted by Gasteiger charge is -2.31. The minimum absolute atomic E-state index is 0.179. The molecule has 0 fully saturated rings. The highest BCUT2D eigenvalue weighted by Crippen LogP contribution is 2.47. The highest BCUT2D eigenvalue weighted by atomic mass is 16.5. The van der Waals surface area contributed by atoms with E-state index in [1.807, 2.05) is 18.2 Å². The van der Waals surface area contributed by atoms with Gasteiger partial charge in [-0.2, -0.15) is 0 Å². The van der Waals surface area contributed by atoms with Crippen molar-refractivity contribution in [1.82, 2.24) is 0 Å². The van der Waals surface area contributed by atoms with E-state index in [9.17, 15) is 0 Å². The Balaban J connectivity index is 1.98. The highest BCUT2D eigenvalue weighted by Gasteiger charge is 2.39. The van der Waals surface area contributed by atoms with Crippen LogP contribution in [0.15, 0.2) is 35.3 Å². The topological polar surface area (TPSA) is 56.8 Å². The third-order valence-electron chi connectivity index (χ3n) is 5.10. The van der Waals surface area contributed by atoms with Crippen LogP contribution in [0.1, 0.15) is 49.9 Å². The number of anilines is 1. The molecule has 0 amide bonds. The third-order valence-corrected chi connectivity index (χ3v) is 5.10. The van der Waals surface area contributed by atoms with Gasteiger partial charge >= 0.3 is 0 Å². The lowest BCUT2D eigenvalue weighted by molar-refractivity contribution is 0.134. The quantitative estimate of drug-likeness (QED) is 0.827. The molecular weight excluding hydrogens is 324 g/mol. The van der Waals surface area contributed by atoms with Crippen molar-refractivity contribution in [1.29, 1.82) is 0 Å². The van der Waals surface area contributed by atoms with Crippen LogP contribution in [0.3, 0.4) is 0 Å². The molecule has 0 bridgehead atoms. The fraction of sp³-hybridized carbons (Fsp3) is 0.409. The average molecular weight is 350 g/mol. The lowest BCUT2D eigenvalue weighted by Crippen LogP contribution is -2.30. The number of methoxy groups -OCH3 is 1. The van der Waals surface area contributed by atoms with E-state index in [-0.39, 0.29) is 11.1 Å². The first-order valence-corrected chi connectivity index (χ1v) is 9.07. The maximum atomic E-state index is 6.23. The maximum absolute atomic E-state index is 6.23. The maximum Gasteiger partial charge on any atom is 0.165 e. The summed E-state index contributed by atoms with van der Waals surface area (Å²) in [6.45, 7) is 8.61. The van der Waals surface area contributed by atoms with E-state index < -0.39 is 0 Å². The lowest BCUT2D eigenvalue weighted by atomic mass is 9.80. The Bertz CT molecular complexity index is 926. The van der Waals surface area contributed by atoms with E-state index in [4.69, 9.17) is 20.2 Å². The van der Waals surface area contributed by atoms with Crippen LogP contribution in [-0.4, -0.2) is 24.0 Å². The molecule has 2 heterocycles. The van der Waals surface area contributed by atoms with Crippen molar-refractivity contribution >= 4 is 11.4 Å². The number of ether oxygens (including phenoxy) is 2. The van der Waals surface area contributed by atoms with Gasteiger partial charge in [-0.25, -0.2) is 0 Å². The first-order chi connectivity index (χ1) is 12.2. The van der Waals surface area contributed by atoms with Crippen molar-refractivity contribution in [3.8, 4) is 11.5 Å². The van der Waals surface area contributed by atoms with Crippen molar-refractivity contribution in [2.45, 2.75) is 51.7 Å². The molecule has 0 unspecified atom stereocenters. The molecule has 0 saturated heterocycles. The Morgan fingerprint density at radius 2 is 1.85 bits per heavy atom. The van der Waals surface area contributed by atoms with Gasteiger partial charge in [-0.3, -0.25) is 4.99 Å². The number of aliphatic imine (C=N–C) groups is 1. The van der Waals surface area contributed by atoms with E-state index in [0.717, 1.165) is 46.9 Å². The Morgan fingerprint density at radius 3 is 2.54 bits per heavy atom. The molecule has 0 radical (unpaired) electrons. The molecule has 4 nitrogen and oxygen atoms in total. The van der Waals surface area contributed by atoms with Gasteiger partial charge in [0.25, 0.3) is 0 Å². The van der Waals surface area contributed by atoms with Gasteiger partial charge in [0.1, 0.15) is 5.60 Å². The number of nitrogens with two attached hydrogens (primary N) is 1. The molecule has 0 atom stereocenters. The largest absolute Gasteiger partial charge is 0.493 e. The summed E-state index contributed by atoms with van der Waals surface area (Å²) in [5.41, 5.74) is 12.1. The van der Waals surface area contributed by atoms with E-state index in [1.54, 1.807) is 7.11 Å². The second kappa shape index (κ2) is 5.50. The first kappa shape index (κ1) is 17.0. The van der Waals surface area contributed by atoms with Crippen molar-refractivity contribution in [2.24, 2.45) is 4.99 Å². The van der Waals surface area contributed by atoms with Crippen LogP contribution in [0.2, 0.25) is 0 Å². The van der Waals surface area contributed by atoms with E-state index in [0.29, 0.717) is 0 Å². The van der Waals surface area contributed by atoms with Crippen LogP contribution in [0.25, 0.3) is 0 Å². The van der Waals surface area contributed by atoms with Gasteiger partial charge in [0.2, 0.25) is 0 Å². The van der Waals surface area contributed by atoms with Crippen molar-refractivity contribution in [2.75, 3.05) is 12.8 Å². The summed E-state index contributed by atoms with van der Waals surface area (Å²) in [5.74, 6) is 1.67. The molecule has 4 rings (SSSR count). The van der Waals surface area contributed by atoms with Gasteiger partial charge in [-0.05, 0) is 57.9 Å². The average Bonchev–Trinajstić information content (AvgIpc) is 2.88. The van der Waals surface area contributed by atoms with Crippen molar-refractivity contribution in [3.05, 3.63) is 52.6 Å². The summed E-state index contributed by atoms with van der Waals surface area (Å²) in [6, 6.07) is 10.0. The summed E-state index contributed by atoms with van der Waals surface area (Å²) in [4.78, 5) is 5.07. The fourth-order valence-electron chi connectivity index (χ4n) is 4.07. The Hall–Kier alpha value is -2.49. The highest BCUT2D eigenvalue weighted by molar-refractivity contribution is 6.15. The Morgan fingerprint density at radius 1 is 1.08 bits per heavy atom. The second-order valence-corrected chi connectivity index (χ2v) is 8.53. The third kappa shape index (κ3) is 2.74. The Kier molecular flexibility index (Phi) is 3.59. The first-order valence-electron chi connectivity index (χ1n) is 9.07. The zero-order valence-corrected chi connectivity index (χ0v) is 16.1. The summed E-state index contributed by atoms with van der Waals surface area (Å²) >= 11 is 0. The summed E-state index contributed by atoms with van der Waals surface area (Å²) in [7, 11) is 1.70. The van der Waals surface area contributed by atoms with E-state index >= 15 is 0 Å². The summed E-state index contributed by atoms with van der Waals surface area (Å²) in [5, 5.41) is 0. The molecule has 2 aromatic rings. The second-order valence-electron chi connectivity index (χ2n) is 8.53. The predicted molar refractivity (Wildman–Crippen MR) is 106 cm³/mol. The van der Waals surface area contributed by atoms with Gasteiger partial charge in [-0.15, -0.1) is 0 Å². The number of nitrogen functional groups attached to an aromatic ring is 1. The number of nitrogens with zero attached hydrogens (tertiary/aromatic N) is 1. The van der Waals surface area contributed by atoms with Gasteiger partial charge in [0.15, 0.2) is 11.5 Å². The van der Waals surface area contributed by atoms with Gasteiger partial charge in [0.05, 0.1) is 18.4 Å². The molecule has 4 heteroatoms. The smallest absolute Gasteiger partial charge is 0.165 e. The summed E-state index contributed by atoms with van der Waals surface area (Å²) < 4.78 is 11.9. The zero-order valence-electron chi connectivity index (χ0n) is 16.1. The molecule has 2 aromatic carbocycles. The van der Waals surface area contributed by atoms with Crippen molar-refractivity contribution < 1.29 is 9.47 Å². The Labute approximate surface area is 155 Å². The molecule has 0 saturated carbocycles. The van der Waals surface area contributed by atoms with Crippen LogP contribution in [0.4, 0.5) is 5.69 Å². The number of benzene rings is 2. The van der Waals surface area contributed by atoms with Crippen molar-refractivity contribution in [3.63, 3.8) is 0 Å². The molecule has 0 aromatic heterocycles. The normalized spacial score (nSPS) is 19.2. The SMILES string of the molecule is COc1cc2c(c3c1OC(C)(C)C3)CC(C)(C)N=C2c1cccc(N)c1. The minimum atomic E-state index is -0.221. The fourth-order valence-corrected chi connectivity index (χ4v) is 4.07. The number of rotatable bonds is 2.